The van der Waals surface area contributed by atoms with Crippen molar-refractivity contribution in [1.82, 2.24) is 0 Å². The minimum atomic E-state index is -2.47. The van der Waals surface area contributed by atoms with Gasteiger partial charge in [0.05, 0.1) is 33.0 Å². The molecule has 1 fully saturated rings. The number of aliphatic hydroxyl groups is 11. The number of Topliss-reactive ketones (excluding diaryl/α,β-unsaturated/α-hetero) is 1. The lowest BCUT2D eigenvalue weighted by atomic mass is 10.0. The number of hydrogen-bond donors (Lipinski definition) is 11. The molecule has 0 amide bonds. The highest BCUT2D eigenvalue weighted by Gasteiger charge is 2.58. The van der Waals surface area contributed by atoms with E-state index in [1.165, 1.54) is 0 Å². The Labute approximate surface area is 177 Å². The number of aliphatic hydroxyl groups excluding tert-OH is 9. The Kier molecular flexibility index (Phi) is 15.7. The molecule has 31 heavy (non-hydrogen) atoms. The standard InChI is InChI=1S/C10H20O10.C5H10O5.CH4/c11-1-2-18-8-10(17,5-14)19-7(6(15)3-12)9(16,4-13)20-8;6-1-3(8)5(10)4(9)2-7;/h6-8,11-17H,1-5H2;3,5-8,10H,1-2H2;1H4. The van der Waals surface area contributed by atoms with Crippen molar-refractivity contribution in [3.63, 3.8) is 0 Å². The smallest absolute Gasteiger partial charge is 0.242 e. The maximum atomic E-state index is 10.3. The maximum absolute atomic E-state index is 10.3. The fourth-order valence-electron chi connectivity index (χ4n) is 2.16. The fraction of sp³-hybridized carbons (Fsp3) is 0.938. The molecule has 188 valence electrons. The van der Waals surface area contributed by atoms with Crippen molar-refractivity contribution >= 4 is 5.78 Å². The average molecular weight is 466 g/mol. The van der Waals surface area contributed by atoms with Crippen molar-refractivity contribution in [2.24, 2.45) is 0 Å². The molecule has 11 N–H and O–H groups in total. The highest BCUT2D eigenvalue weighted by Crippen LogP contribution is 2.35. The van der Waals surface area contributed by atoms with Gasteiger partial charge in [-0.15, -0.1) is 0 Å². The lowest BCUT2D eigenvalue weighted by Gasteiger charge is -2.49. The van der Waals surface area contributed by atoms with E-state index in [0.29, 0.717) is 0 Å². The zero-order chi connectivity index (χ0) is 23.5. The van der Waals surface area contributed by atoms with Gasteiger partial charge in [0.15, 0.2) is 5.78 Å². The van der Waals surface area contributed by atoms with Crippen LogP contribution in [0.15, 0.2) is 0 Å². The van der Waals surface area contributed by atoms with Crippen LogP contribution >= 0.6 is 0 Å². The molecule has 1 aliphatic rings. The third kappa shape index (κ3) is 8.87. The minimum Gasteiger partial charge on any atom is -0.394 e. The van der Waals surface area contributed by atoms with Gasteiger partial charge in [-0.25, -0.2) is 0 Å². The van der Waals surface area contributed by atoms with Gasteiger partial charge in [-0.2, -0.15) is 0 Å². The van der Waals surface area contributed by atoms with E-state index in [-0.39, 0.29) is 14.0 Å². The lowest BCUT2D eigenvalue weighted by Crippen LogP contribution is -2.70. The molecular formula is C16H34O15. The number of carbonyl (C=O) groups is 1. The highest BCUT2D eigenvalue weighted by molar-refractivity contribution is 5.84. The third-order valence-electron chi connectivity index (χ3n) is 3.84. The monoisotopic (exact) mass is 466 g/mol. The van der Waals surface area contributed by atoms with Gasteiger partial charge < -0.3 is 70.4 Å². The largest absolute Gasteiger partial charge is 0.394 e. The first-order valence-electron chi connectivity index (χ1n) is 8.64. The fourth-order valence-corrected chi connectivity index (χ4v) is 2.16. The summed E-state index contributed by atoms with van der Waals surface area (Å²) in [4.78, 5) is 10.3. The first kappa shape index (κ1) is 32.3. The summed E-state index contributed by atoms with van der Waals surface area (Å²) in [5, 5.41) is 99.0. The lowest BCUT2D eigenvalue weighted by molar-refractivity contribution is -0.482. The summed E-state index contributed by atoms with van der Waals surface area (Å²) in [5.41, 5.74) is 0. The van der Waals surface area contributed by atoms with Crippen molar-refractivity contribution in [3.05, 3.63) is 0 Å². The second-order valence-electron chi connectivity index (χ2n) is 6.16. The quantitative estimate of drug-likeness (QED) is 0.135. The third-order valence-corrected chi connectivity index (χ3v) is 3.84. The van der Waals surface area contributed by atoms with Crippen LogP contribution in [0.5, 0.6) is 0 Å². The molecule has 0 spiro atoms. The van der Waals surface area contributed by atoms with Gasteiger partial charge in [-0.1, -0.05) is 7.43 Å². The molecule has 0 aromatic heterocycles. The topological polar surface area (TPSA) is 267 Å². The second kappa shape index (κ2) is 15.0. The molecule has 1 saturated heterocycles. The van der Waals surface area contributed by atoms with E-state index >= 15 is 0 Å². The Morgan fingerprint density at radius 3 is 1.84 bits per heavy atom. The summed E-state index contributed by atoms with van der Waals surface area (Å²) in [6, 6.07) is 0. The van der Waals surface area contributed by atoms with Crippen LogP contribution in [0.4, 0.5) is 0 Å². The normalized spacial score (nSPS) is 30.9. The Hall–Kier alpha value is -0.890. The van der Waals surface area contributed by atoms with E-state index < -0.39 is 87.7 Å². The molecule has 0 radical (unpaired) electrons. The van der Waals surface area contributed by atoms with E-state index in [9.17, 15) is 20.1 Å². The van der Waals surface area contributed by atoms with Crippen LogP contribution in [0, 0.1) is 0 Å². The Balaban J connectivity index is 0. The average Bonchev–Trinajstić information content (AvgIpc) is 2.77. The summed E-state index contributed by atoms with van der Waals surface area (Å²) in [6.45, 7) is -5.16. The van der Waals surface area contributed by atoms with Crippen molar-refractivity contribution in [3.8, 4) is 0 Å². The number of hydrogen-bond acceptors (Lipinski definition) is 15. The molecule has 0 aliphatic carbocycles. The first-order chi connectivity index (χ1) is 14.0. The zero-order valence-electron chi connectivity index (χ0n) is 15.9. The summed E-state index contributed by atoms with van der Waals surface area (Å²) in [6.07, 6.45) is -8.33. The number of ketones is 1. The summed E-state index contributed by atoms with van der Waals surface area (Å²) in [7, 11) is 0. The molecule has 1 rings (SSSR count). The minimum absolute atomic E-state index is 0. The summed E-state index contributed by atoms with van der Waals surface area (Å²) >= 11 is 0. The number of rotatable bonds is 11. The molecular weight excluding hydrogens is 432 g/mol. The van der Waals surface area contributed by atoms with Crippen LogP contribution < -0.4 is 0 Å². The Morgan fingerprint density at radius 2 is 1.45 bits per heavy atom. The molecule has 1 aliphatic heterocycles. The van der Waals surface area contributed by atoms with Crippen molar-refractivity contribution in [1.29, 1.82) is 0 Å². The van der Waals surface area contributed by atoms with Gasteiger partial charge >= 0.3 is 0 Å². The number of ether oxygens (including phenoxy) is 3. The molecule has 7 atom stereocenters. The van der Waals surface area contributed by atoms with Gasteiger partial charge in [0, 0.05) is 0 Å². The Morgan fingerprint density at radius 1 is 0.903 bits per heavy atom. The molecule has 0 saturated carbocycles. The van der Waals surface area contributed by atoms with E-state index in [2.05, 4.69) is 0 Å². The first-order valence-corrected chi connectivity index (χ1v) is 8.64. The van der Waals surface area contributed by atoms with Crippen LogP contribution in [0.3, 0.4) is 0 Å². The van der Waals surface area contributed by atoms with E-state index in [0.717, 1.165) is 0 Å². The molecule has 1 heterocycles. The van der Waals surface area contributed by atoms with Crippen LogP contribution in [0.1, 0.15) is 7.43 Å². The van der Waals surface area contributed by atoms with E-state index in [4.69, 9.17) is 55.1 Å². The maximum Gasteiger partial charge on any atom is 0.242 e. The van der Waals surface area contributed by atoms with Gasteiger partial charge in [0.25, 0.3) is 0 Å². The van der Waals surface area contributed by atoms with Gasteiger partial charge in [0.2, 0.25) is 17.9 Å². The van der Waals surface area contributed by atoms with E-state index in [1.807, 2.05) is 0 Å². The summed E-state index contributed by atoms with van der Waals surface area (Å²) < 4.78 is 14.8. The molecule has 0 aromatic rings. The van der Waals surface area contributed by atoms with Gasteiger partial charge in [-0.3, -0.25) is 4.79 Å². The molecule has 15 heteroatoms. The molecule has 0 aromatic carbocycles. The zero-order valence-corrected chi connectivity index (χ0v) is 15.9. The highest BCUT2D eigenvalue weighted by atomic mass is 16.8. The molecule has 15 nitrogen and oxygen atoms in total. The molecule has 0 bridgehead atoms. The van der Waals surface area contributed by atoms with Crippen molar-refractivity contribution < 1.29 is 75.2 Å². The summed E-state index contributed by atoms with van der Waals surface area (Å²) in [5.74, 6) is -5.82. The SMILES string of the molecule is C.O=C(CO)C(O)C(O)CO.OCCOC1OC(O)(CO)C(C(O)CO)OC1(O)CO. The van der Waals surface area contributed by atoms with Crippen LogP contribution in [-0.4, -0.2) is 150 Å². The van der Waals surface area contributed by atoms with Gasteiger partial charge in [-0.05, 0) is 0 Å². The predicted octanol–water partition coefficient (Wildman–Crippen LogP) is -6.65. The van der Waals surface area contributed by atoms with Crippen LogP contribution in [-0.2, 0) is 19.0 Å². The van der Waals surface area contributed by atoms with E-state index in [1.54, 1.807) is 0 Å². The molecule has 7 unspecified atom stereocenters. The number of carbonyl (C=O) groups excluding carboxylic acids is 1. The van der Waals surface area contributed by atoms with Crippen molar-refractivity contribution in [2.45, 2.75) is 49.7 Å². The predicted molar refractivity (Wildman–Crippen MR) is 97.9 cm³/mol. The second-order valence-corrected chi connectivity index (χ2v) is 6.16. The van der Waals surface area contributed by atoms with Crippen molar-refractivity contribution in [2.75, 3.05) is 46.2 Å². The Bertz CT molecular complexity index is 494. The van der Waals surface area contributed by atoms with Gasteiger partial charge in [0.1, 0.15) is 37.6 Å². The van der Waals surface area contributed by atoms with Crippen LogP contribution in [0.2, 0.25) is 0 Å². The van der Waals surface area contributed by atoms with Crippen LogP contribution in [0.25, 0.3) is 0 Å².